The van der Waals surface area contributed by atoms with Gasteiger partial charge in [0, 0.05) is 5.39 Å². The summed E-state index contributed by atoms with van der Waals surface area (Å²) in [5.74, 6) is -0.661. The molecule has 0 saturated carbocycles. The van der Waals surface area contributed by atoms with Crippen molar-refractivity contribution in [3.8, 4) is 0 Å². The predicted molar refractivity (Wildman–Crippen MR) is 91.1 cm³/mol. The number of para-hydroxylation sites is 1. The van der Waals surface area contributed by atoms with Crippen molar-refractivity contribution in [2.24, 2.45) is 0 Å². The number of fused-ring (bicyclic) bond motifs is 1. The van der Waals surface area contributed by atoms with Crippen LogP contribution in [-0.2, 0) is 21.2 Å². The molecule has 3 rings (SSSR count). The molecule has 5 nitrogen and oxygen atoms in total. The molecule has 0 aliphatic rings. The van der Waals surface area contributed by atoms with Gasteiger partial charge in [-0.15, -0.1) is 0 Å². The lowest BCUT2D eigenvalue weighted by Gasteiger charge is -2.12. The Labute approximate surface area is 144 Å². The maximum absolute atomic E-state index is 12.9. The molecule has 25 heavy (non-hydrogen) atoms. The molecular weight excluding hydrogens is 345 g/mol. The first kappa shape index (κ1) is 17.2. The number of nitrogens with one attached hydrogen (secondary N) is 1. The fourth-order valence-corrected chi connectivity index (χ4v) is 3.70. The molecule has 1 atom stereocenters. The van der Waals surface area contributed by atoms with Gasteiger partial charge in [0.15, 0.2) is 9.84 Å². The third-order valence-corrected chi connectivity index (χ3v) is 5.96. The van der Waals surface area contributed by atoms with E-state index in [0.29, 0.717) is 11.3 Å². The maximum atomic E-state index is 12.9. The Morgan fingerprint density at radius 1 is 1.16 bits per heavy atom. The van der Waals surface area contributed by atoms with E-state index in [1.54, 1.807) is 6.07 Å². The third-order valence-electron chi connectivity index (χ3n) is 3.89. The zero-order valence-corrected chi connectivity index (χ0v) is 14.2. The molecule has 2 aromatic carbocycles. The zero-order valence-electron chi connectivity index (χ0n) is 13.4. The molecular formula is C18H16FNO4S. The Bertz CT molecular complexity index is 976. The number of sulfone groups is 1. The van der Waals surface area contributed by atoms with Crippen LogP contribution in [0.4, 0.5) is 4.39 Å². The van der Waals surface area contributed by atoms with E-state index in [1.807, 2.05) is 24.3 Å². The second kappa shape index (κ2) is 6.68. The van der Waals surface area contributed by atoms with Gasteiger partial charge in [0.05, 0.1) is 11.4 Å². The second-order valence-electron chi connectivity index (χ2n) is 5.61. The van der Waals surface area contributed by atoms with Crippen LogP contribution in [0.1, 0.15) is 12.7 Å². The van der Waals surface area contributed by atoms with Gasteiger partial charge in [0.2, 0.25) is 5.91 Å². The minimum absolute atomic E-state index is 0.0801. The molecule has 0 spiro atoms. The van der Waals surface area contributed by atoms with E-state index >= 15 is 0 Å². The van der Waals surface area contributed by atoms with Gasteiger partial charge in [0.1, 0.15) is 22.4 Å². The largest absolute Gasteiger partial charge is 0.459 e. The predicted octanol–water partition coefficient (Wildman–Crippen LogP) is 3.05. The summed E-state index contributed by atoms with van der Waals surface area (Å²) in [6.07, 6.45) is 0. The van der Waals surface area contributed by atoms with Crippen LogP contribution in [-0.4, -0.2) is 19.6 Å². The van der Waals surface area contributed by atoms with E-state index in [9.17, 15) is 17.6 Å². The van der Waals surface area contributed by atoms with Crippen molar-refractivity contribution in [2.45, 2.75) is 23.6 Å². The maximum Gasteiger partial charge on any atom is 0.238 e. The standard InChI is InChI=1S/C18H16FNO4S/c1-12(25(22,23)16-8-6-14(19)7-9-16)18(21)20-11-15-10-13-4-2-3-5-17(13)24-15/h2-10,12H,11H2,1H3,(H,20,21). The lowest BCUT2D eigenvalue weighted by molar-refractivity contribution is -0.120. The summed E-state index contributed by atoms with van der Waals surface area (Å²) in [6.45, 7) is 1.38. The van der Waals surface area contributed by atoms with Crippen LogP contribution in [0.25, 0.3) is 11.0 Å². The lowest BCUT2D eigenvalue weighted by atomic mass is 10.2. The van der Waals surface area contributed by atoms with Crippen LogP contribution in [0, 0.1) is 5.82 Å². The molecule has 1 aromatic heterocycles. The van der Waals surface area contributed by atoms with Crippen LogP contribution in [0.15, 0.2) is 63.9 Å². The Hall–Kier alpha value is -2.67. The Morgan fingerprint density at radius 3 is 2.52 bits per heavy atom. The van der Waals surface area contributed by atoms with Gasteiger partial charge in [-0.25, -0.2) is 12.8 Å². The molecule has 0 bridgehead atoms. The van der Waals surface area contributed by atoms with Crippen LogP contribution < -0.4 is 5.32 Å². The van der Waals surface area contributed by atoms with E-state index < -0.39 is 26.8 Å². The average molecular weight is 361 g/mol. The molecule has 0 saturated heterocycles. The highest BCUT2D eigenvalue weighted by Gasteiger charge is 2.29. The first-order valence-corrected chi connectivity index (χ1v) is 9.17. The summed E-state index contributed by atoms with van der Waals surface area (Å²) in [7, 11) is -3.89. The molecule has 0 fully saturated rings. The van der Waals surface area contributed by atoms with Gasteiger partial charge < -0.3 is 9.73 Å². The first-order valence-electron chi connectivity index (χ1n) is 7.62. The second-order valence-corrected chi connectivity index (χ2v) is 7.88. The summed E-state index contributed by atoms with van der Waals surface area (Å²) >= 11 is 0. The normalized spacial score (nSPS) is 12.9. The summed E-state index contributed by atoms with van der Waals surface area (Å²) in [4.78, 5) is 12.1. The third kappa shape index (κ3) is 3.56. The van der Waals surface area contributed by atoms with Gasteiger partial charge in [-0.3, -0.25) is 4.79 Å². The molecule has 1 N–H and O–H groups in total. The van der Waals surface area contributed by atoms with Gasteiger partial charge in [-0.05, 0) is 43.3 Å². The fraction of sp³-hybridized carbons (Fsp3) is 0.167. The van der Waals surface area contributed by atoms with Gasteiger partial charge >= 0.3 is 0 Å². The summed E-state index contributed by atoms with van der Waals surface area (Å²) < 4.78 is 43.4. The minimum Gasteiger partial charge on any atom is -0.459 e. The number of benzene rings is 2. The molecule has 3 aromatic rings. The number of hydrogen-bond acceptors (Lipinski definition) is 4. The van der Waals surface area contributed by atoms with Gasteiger partial charge in [0.25, 0.3) is 0 Å². The highest BCUT2D eigenvalue weighted by atomic mass is 32.2. The highest BCUT2D eigenvalue weighted by Crippen LogP contribution is 2.19. The number of carbonyl (C=O) groups excluding carboxylic acids is 1. The molecule has 1 amide bonds. The van der Waals surface area contributed by atoms with E-state index in [2.05, 4.69) is 5.32 Å². The number of rotatable bonds is 5. The van der Waals surface area contributed by atoms with E-state index in [-0.39, 0.29) is 11.4 Å². The monoisotopic (exact) mass is 361 g/mol. The van der Waals surface area contributed by atoms with Crippen molar-refractivity contribution in [1.82, 2.24) is 5.32 Å². The molecule has 0 aliphatic heterocycles. The quantitative estimate of drug-likeness (QED) is 0.709. The van der Waals surface area contributed by atoms with Crippen LogP contribution in [0.2, 0.25) is 0 Å². The summed E-state index contributed by atoms with van der Waals surface area (Å²) in [5, 5.41) is 2.16. The van der Waals surface area contributed by atoms with Crippen molar-refractivity contribution >= 4 is 26.7 Å². The molecule has 7 heteroatoms. The van der Waals surface area contributed by atoms with E-state index in [0.717, 1.165) is 29.7 Å². The van der Waals surface area contributed by atoms with Crippen molar-refractivity contribution < 1.29 is 22.0 Å². The Balaban J connectivity index is 1.70. The smallest absolute Gasteiger partial charge is 0.238 e. The molecule has 1 heterocycles. The SMILES string of the molecule is CC(C(=O)NCc1cc2ccccc2o1)S(=O)(=O)c1ccc(F)cc1. The Morgan fingerprint density at radius 2 is 1.84 bits per heavy atom. The number of amides is 1. The average Bonchev–Trinajstić information content (AvgIpc) is 3.02. The first-order chi connectivity index (χ1) is 11.9. The van der Waals surface area contributed by atoms with Crippen LogP contribution in [0.3, 0.4) is 0 Å². The van der Waals surface area contributed by atoms with Crippen molar-refractivity contribution in [2.75, 3.05) is 0 Å². The number of hydrogen-bond donors (Lipinski definition) is 1. The topological polar surface area (TPSA) is 76.4 Å². The molecule has 130 valence electrons. The van der Waals surface area contributed by atoms with E-state index in [4.69, 9.17) is 4.42 Å². The number of carbonyl (C=O) groups is 1. The summed E-state index contributed by atoms with van der Waals surface area (Å²) in [5.41, 5.74) is 0.693. The Kier molecular flexibility index (Phi) is 4.59. The number of furan rings is 1. The molecule has 1 unspecified atom stereocenters. The summed E-state index contributed by atoms with van der Waals surface area (Å²) in [6, 6.07) is 13.6. The van der Waals surface area contributed by atoms with E-state index in [1.165, 1.54) is 6.92 Å². The molecule has 0 radical (unpaired) electrons. The zero-order chi connectivity index (χ0) is 18.0. The van der Waals surface area contributed by atoms with Crippen molar-refractivity contribution in [1.29, 1.82) is 0 Å². The highest BCUT2D eigenvalue weighted by molar-refractivity contribution is 7.92. The lowest BCUT2D eigenvalue weighted by Crippen LogP contribution is -2.37. The van der Waals surface area contributed by atoms with Crippen LogP contribution in [0.5, 0.6) is 0 Å². The molecule has 0 aliphatic carbocycles. The van der Waals surface area contributed by atoms with Crippen LogP contribution >= 0.6 is 0 Å². The fourth-order valence-electron chi connectivity index (χ4n) is 2.41. The van der Waals surface area contributed by atoms with Gasteiger partial charge in [-0.1, -0.05) is 18.2 Å². The minimum atomic E-state index is -3.89. The van der Waals surface area contributed by atoms with Gasteiger partial charge in [-0.2, -0.15) is 0 Å². The van der Waals surface area contributed by atoms with Crippen molar-refractivity contribution in [3.63, 3.8) is 0 Å². The number of halogens is 1. The van der Waals surface area contributed by atoms with Crippen molar-refractivity contribution in [3.05, 3.63) is 66.2 Å².